The summed E-state index contributed by atoms with van der Waals surface area (Å²) in [6.45, 7) is 3.79. The molecule has 3 aromatic rings. The van der Waals surface area contributed by atoms with Gasteiger partial charge in [-0.1, -0.05) is 42.0 Å². The molecule has 3 rings (SSSR count). The molecular weight excluding hydrogens is 304 g/mol. The molecule has 0 unspecified atom stereocenters. The average Bonchev–Trinajstić information content (AvgIpc) is 2.73. The number of aryl methyl sites for hydroxylation is 1. The van der Waals surface area contributed by atoms with E-state index in [-0.39, 0.29) is 4.99 Å². The zero-order valence-electron chi connectivity index (χ0n) is 11.6. The first kappa shape index (κ1) is 14.0. The number of fused-ring (bicyclic) bond motifs is 1. The first-order valence-corrected chi connectivity index (χ1v) is 7.19. The standard InChI is InChI=1S/C15H13ClN4S/c1-8-13(16)9(2)20(19-8)14-10-5-3-4-6-12(10)18-7-11(14)15(17)21/h3-7H,1-2H3,(H2,17,21). The van der Waals surface area contributed by atoms with E-state index in [0.29, 0.717) is 10.6 Å². The van der Waals surface area contributed by atoms with Crippen molar-refractivity contribution in [2.75, 3.05) is 0 Å². The molecule has 1 aromatic carbocycles. The van der Waals surface area contributed by atoms with Crippen molar-refractivity contribution in [3.05, 3.63) is 52.4 Å². The van der Waals surface area contributed by atoms with Gasteiger partial charge in [0.15, 0.2) is 0 Å². The van der Waals surface area contributed by atoms with E-state index < -0.39 is 0 Å². The summed E-state index contributed by atoms with van der Waals surface area (Å²) in [5, 5.41) is 6.09. The predicted octanol–water partition coefficient (Wildman–Crippen LogP) is 3.32. The number of hydrogen-bond donors (Lipinski definition) is 1. The van der Waals surface area contributed by atoms with E-state index in [9.17, 15) is 0 Å². The Balaban J connectivity index is 2.46. The topological polar surface area (TPSA) is 56.7 Å². The van der Waals surface area contributed by atoms with Gasteiger partial charge in [-0.15, -0.1) is 0 Å². The Morgan fingerprint density at radius 3 is 2.62 bits per heavy atom. The zero-order chi connectivity index (χ0) is 15.1. The van der Waals surface area contributed by atoms with E-state index in [2.05, 4.69) is 10.1 Å². The van der Waals surface area contributed by atoms with Crippen LogP contribution in [0.2, 0.25) is 5.02 Å². The Morgan fingerprint density at radius 2 is 2.00 bits per heavy atom. The summed E-state index contributed by atoms with van der Waals surface area (Å²) in [7, 11) is 0. The second-order valence-corrected chi connectivity index (χ2v) is 5.62. The molecule has 0 saturated carbocycles. The smallest absolute Gasteiger partial charge is 0.107 e. The monoisotopic (exact) mass is 316 g/mol. The van der Waals surface area contributed by atoms with Crippen LogP contribution in [0.4, 0.5) is 0 Å². The molecule has 0 saturated heterocycles. The highest BCUT2D eigenvalue weighted by molar-refractivity contribution is 7.80. The third kappa shape index (κ3) is 2.18. The number of pyridine rings is 1. The maximum absolute atomic E-state index is 6.27. The molecule has 2 N–H and O–H groups in total. The van der Waals surface area contributed by atoms with Gasteiger partial charge in [-0.05, 0) is 19.9 Å². The predicted molar refractivity (Wildman–Crippen MR) is 89.2 cm³/mol. The second kappa shape index (κ2) is 5.09. The Kier molecular flexibility index (Phi) is 3.39. The number of aromatic nitrogens is 3. The molecule has 0 spiro atoms. The van der Waals surface area contributed by atoms with Gasteiger partial charge in [-0.25, -0.2) is 4.68 Å². The highest BCUT2D eigenvalue weighted by atomic mass is 35.5. The van der Waals surface area contributed by atoms with Gasteiger partial charge in [0.1, 0.15) is 4.99 Å². The highest BCUT2D eigenvalue weighted by Gasteiger charge is 2.18. The van der Waals surface area contributed by atoms with Gasteiger partial charge in [-0.3, -0.25) is 4.98 Å². The third-order valence-corrected chi connectivity index (χ3v) is 4.19. The van der Waals surface area contributed by atoms with Crippen molar-refractivity contribution in [2.45, 2.75) is 13.8 Å². The fourth-order valence-electron chi connectivity index (χ4n) is 2.38. The average molecular weight is 317 g/mol. The van der Waals surface area contributed by atoms with E-state index in [1.165, 1.54) is 0 Å². The lowest BCUT2D eigenvalue weighted by atomic mass is 10.1. The van der Waals surface area contributed by atoms with Gasteiger partial charge in [0, 0.05) is 11.6 Å². The molecule has 4 nitrogen and oxygen atoms in total. The number of nitrogens with two attached hydrogens (primary N) is 1. The Hall–Kier alpha value is -1.98. The van der Waals surface area contributed by atoms with Crippen molar-refractivity contribution in [3.8, 4) is 5.69 Å². The second-order valence-electron chi connectivity index (χ2n) is 4.80. The van der Waals surface area contributed by atoms with Crippen LogP contribution in [-0.2, 0) is 0 Å². The summed E-state index contributed by atoms with van der Waals surface area (Å²) in [6.07, 6.45) is 1.68. The van der Waals surface area contributed by atoms with Crippen LogP contribution in [0.25, 0.3) is 16.6 Å². The van der Waals surface area contributed by atoms with Crippen LogP contribution >= 0.6 is 23.8 Å². The molecule has 0 aliphatic heterocycles. The van der Waals surface area contributed by atoms with Crippen LogP contribution in [0, 0.1) is 13.8 Å². The summed E-state index contributed by atoms with van der Waals surface area (Å²) in [6, 6.07) is 7.80. The number of para-hydroxylation sites is 1. The Labute approximate surface area is 132 Å². The number of hydrogen-bond acceptors (Lipinski definition) is 3. The SMILES string of the molecule is Cc1nn(-c2c(C(N)=S)cnc3ccccc23)c(C)c1Cl. The molecule has 21 heavy (non-hydrogen) atoms. The van der Waals surface area contributed by atoms with Gasteiger partial charge in [0.2, 0.25) is 0 Å². The third-order valence-electron chi connectivity index (χ3n) is 3.43. The first-order valence-electron chi connectivity index (χ1n) is 6.40. The maximum Gasteiger partial charge on any atom is 0.107 e. The van der Waals surface area contributed by atoms with Crippen molar-refractivity contribution in [2.24, 2.45) is 5.73 Å². The van der Waals surface area contributed by atoms with Crippen molar-refractivity contribution in [1.29, 1.82) is 0 Å². The highest BCUT2D eigenvalue weighted by Crippen LogP contribution is 2.29. The Morgan fingerprint density at radius 1 is 1.29 bits per heavy atom. The van der Waals surface area contributed by atoms with Crippen LogP contribution < -0.4 is 5.73 Å². The zero-order valence-corrected chi connectivity index (χ0v) is 13.2. The van der Waals surface area contributed by atoms with E-state index >= 15 is 0 Å². The number of rotatable bonds is 2. The fourth-order valence-corrected chi connectivity index (χ4v) is 2.64. The summed E-state index contributed by atoms with van der Waals surface area (Å²) < 4.78 is 1.79. The van der Waals surface area contributed by atoms with Crippen molar-refractivity contribution < 1.29 is 0 Å². The summed E-state index contributed by atoms with van der Waals surface area (Å²) in [5.41, 5.74) is 9.84. The lowest BCUT2D eigenvalue weighted by Gasteiger charge is -2.13. The lowest BCUT2D eigenvalue weighted by molar-refractivity contribution is 0.837. The molecule has 0 radical (unpaired) electrons. The minimum Gasteiger partial charge on any atom is -0.389 e. The lowest BCUT2D eigenvalue weighted by Crippen LogP contribution is -2.15. The van der Waals surface area contributed by atoms with Crippen molar-refractivity contribution >= 4 is 39.7 Å². The van der Waals surface area contributed by atoms with Crippen LogP contribution in [0.1, 0.15) is 17.0 Å². The number of halogens is 1. The molecule has 0 amide bonds. The van der Waals surface area contributed by atoms with Crippen LogP contribution in [0.5, 0.6) is 0 Å². The molecular formula is C15H13ClN4S. The van der Waals surface area contributed by atoms with Crippen LogP contribution in [0.3, 0.4) is 0 Å². The maximum atomic E-state index is 6.27. The van der Waals surface area contributed by atoms with Crippen LogP contribution in [-0.4, -0.2) is 19.8 Å². The summed E-state index contributed by atoms with van der Waals surface area (Å²) >= 11 is 11.4. The van der Waals surface area contributed by atoms with E-state index in [0.717, 1.165) is 28.0 Å². The number of benzene rings is 1. The molecule has 0 atom stereocenters. The van der Waals surface area contributed by atoms with Gasteiger partial charge in [0.05, 0.1) is 33.2 Å². The summed E-state index contributed by atoms with van der Waals surface area (Å²) in [4.78, 5) is 4.69. The van der Waals surface area contributed by atoms with Gasteiger partial charge in [-0.2, -0.15) is 5.10 Å². The first-order chi connectivity index (χ1) is 10.0. The molecule has 0 bridgehead atoms. The van der Waals surface area contributed by atoms with Crippen LogP contribution in [0.15, 0.2) is 30.5 Å². The molecule has 0 aliphatic carbocycles. The van der Waals surface area contributed by atoms with E-state index in [4.69, 9.17) is 29.6 Å². The van der Waals surface area contributed by atoms with Gasteiger partial charge >= 0.3 is 0 Å². The molecule has 0 fully saturated rings. The van der Waals surface area contributed by atoms with E-state index in [1.807, 2.05) is 38.1 Å². The van der Waals surface area contributed by atoms with Crippen molar-refractivity contribution in [1.82, 2.24) is 14.8 Å². The fraction of sp³-hybridized carbons (Fsp3) is 0.133. The summed E-state index contributed by atoms with van der Waals surface area (Å²) in [5.74, 6) is 0. The minimum absolute atomic E-state index is 0.284. The molecule has 2 aromatic heterocycles. The van der Waals surface area contributed by atoms with Gasteiger partial charge in [0.25, 0.3) is 0 Å². The molecule has 106 valence electrons. The molecule has 2 heterocycles. The number of thiocarbonyl (C=S) groups is 1. The Bertz CT molecular complexity index is 869. The quantitative estimate of drug-likeness (QED) is 0.737. The van der Waals surface area contributed by atoms with Crippen molar-refractivity contribution in [3.63, 3.8) is 0 Å². The van der Waals surface area contributed by atoms with Gasteiger partial charge < -0.3 is 5.73 Å². The van der Waals surface area contributed by atoms with E-state index in [1.54, 1.807) is 10.9 Å². The normalized spacial score (nSPS) is 11.0. The largest absolute Gasteiger partial charge is 0.389 e. The molecule has 6 heteroatoms. The number of nitrogens with zero attached hydrogens (tertiary/aromatic N) is 3. The molecule has 0 aliphatic rings. The minimum atomic E-state index is 0.284.